The Kier molecular flexibility index (Phi) is 8.55. The lowest BCUT2D eigenvalue weighted by Gasteiger charge is -2.31. The predicted molar refractivity (Wildman–Crippen MR) is 239 cm³/mol. The molecule has 0 saturated heterocycles. The van der Waals surface area contributed by atoms with E-state index in [2.05, 4.69) is 240 Å². The molecule has 0 aliphatic heterocycles. The van der Waals surface area contributed by atoms with Crippen molar-refractivity contribution in [1.82, 2.24) is 0 Å². The maximum Gasteiger partial charge on any atom is 0.0546 e. The summed E-state index contributed by atoms with van der Waals surface area (Å²) in [6, 6.07) is 83.3. The highest BCUT2D eigenvalue weighted by molar-refractivity contribution is 6.00. The number of hydrogen-bond acceptors (Lipinski definition) is 2. The fourth-order valence-corrected chi connectivity index (χ4v) is 7.97. The second-order valence-electron chi connectivity index (χ2n) is 14.2. The van der Waals surface area contributed by atoms with Gasteiger partial charge in [0.25, 0.3) is 0 Å². The quantitative estimate of drug-likeness (QED) is 0.155. The van der Waals surface area contributed by atoms with Crippen molar-refractivity contribution in [3.63, 3.8) is 0 Å². The Labute approximate surface area is 327 Å². The molecule has 264 valence electrons. The number of hydrogen-bond donors (Lipinski definition) is 0. The molecule has 0 aromatic heterocycles. The van der Waals surface area contributed by atoms with Crippen molar-refractivity contribution in [3.8, 4) is 22.3 Å². The molecule has 0 N–H and O–H groups in total. The van der Waals surface area contributed by atoms with E-state index in [0.29, 0.717) is 0 Å². The Morgan fingerprint density at radius 2 is 0.625 bits per heavy atom. The van der Waals surface area contributed by atoms with E-state index in [9.17, 15) is 0 Å². The third kappa shape index (κ3) is 6.34. The van der Waals surface area contributed by atoms with Crippen molar-refractivity contribution in [2.24, 2.45) is 0 Å². The average molecular weight is 715 g/mol. The van der Waals surface area contributed by atoms with Crippen molar-refractivity contribution in [2.75, 3.05) is 9.80 Å². The molecule has 0 bridgehead atoms. The molecule has 56 heavy (non-hydrogen) atoms. The summed E-state index contributed by atoms with van der Waals surface area (Å²) in [5.41, 5.74) is 11.3. The summed E-state index contributed by atoms with van der Waals surface area (Å²) < 4.78 is 0. The number of rotatable bonds is 8. The standard InChI is InChI=1S/C54H38N2/c1-3-14-39(15-4-1)42-26-30-48(31-27-42)55(51-32-28-40-16-7-9-20-44(40)34-51)49-24-13-25-50(38-49)56(52-33-29-41-17-8-10-21-45(41)35-52)54-37-47-23-12-11-22-46(47)36-53(54)43-18-5-2-6-19-43/h1-38H. The lowest BCUT2D eigenvalue weighted by molar-refractivity contribution is 1.26. The van der Waals surface area contributed by atoms with Crippen LogP contribution >= 0.6 is 0 Å². The third-order valence-corrected chi connectivity index (χ3v) is 10.8. The molecule has 0 heterocycles. The van der Waals surface area contributed by atoms with Gasteiger partial charge in [0.2, 0.25) is 0 Å². The van der Waals surface area contributed by atoms with Crippen LogP contribution in [-0.2, 0) is 0 Å². The topological polar surface area (TPSA) is 6.48 Å². The van der Waals surface area contributed by atoms with Gasteiger partial charge in [0, 0.05) is 34.0 Å². The minimum atomic E-state index is 1.07. The molecular formula is C54H38N2. The van der Waals surface area contributed by atoms with Crippen LogP contribution in [0.25, 0.3) is 54.6 Å². The van der Waals surface area contributed by atoms with E-state index in [0.717, 1.165) is 34.1 Å². The fourth-order valence-electron chi connectivity index (χ4n) is 7.97. The van der Waals surface area contributed by atoms with Gasteiger partial charge >= 0.3 is 0 Å². The average Bonchev–Trinajstić information content (AvgIpc) is 3.27. The molecule has 2 heteroatoms. The van der Waals surface area contributed by atoms with E-state index in [4.69, 9.17) is 0 Å². The maximum absolute atomic E-state index is 2.43. The van der Waals surface area contributed by atoms with E-state index in [1.54, 1.807) is 0 Å². The summed E-state index contributed by atoms with van der Waals surface area (Å²) in [6.07, 6.45) is 0. The summed E-state index contributed by atoms with van der Waals surface area (Å²) in [4.78, 5) is 4.81. The molecule has 0 atom stereocenters. The van der Waals surface area contributed by atoms with Gasteiger partial charge < -0.3 is 9.80 Å². The van der Waals surface area contributed by atoms with Crippen LogP contribution in [0.15, 0.2) is 231 Å². The summed E-state index contributed by atoms with van der Waals surface area (Å²) in [5, 5.41) is 7.24. The van der Waals surface area contributed by atoms with Gasteiger partial charge in [-0.15, -0.1) is 0 Å². The van der Waals surface area contributed by atoms with Crippen LogP contribution in [-0.4, -0.2) is 0 Å². The highest BCUT2D eigenvalue weighted by atomic mass is 15.2. The van der Waals surface area contributed by atoms with Crippen molar-refractivity contribution >= 4 is 66.4 Å². The zero-order valence-electron chi connectivity index (χ0n) is 30.8. The smallest absolute Gasteiger partial charge is 0.0546 e. The normalized spacial score (nSPS) is 11.2. The van der Waals surface area contributed by atoms with Crippen molar-refractivity contribution in [2.45, 2.75) is 0 Å². The lowest BCUT2D eigenvalue weighted by atomic mass is 9.97. The Morgan fingerprint density at radius 1 is 0.214 bits per heavy atom. The Hall–Kier alpha value is -7.42. The minimum Gasteiger partial charge on any atom is -0.310 e. The van der Waals surface area contributed by atoms with Crippen LogP contribution in [0, 0.1) is 0 Å². The molecular weight excluding hydrogens is 677 g/mol. The monoisotopic (exact) mass is 714 g/mol. The fraction of sp³-hybridized carbons (Fsp3) is 0. The second kappa shape index (κ2) is 14.4. The molecule has 10 aromatic rings. The SMILES string of the molecule is c1ccc(-c2ccc(N(c3cccc(N(c4ccc5ccccc5c4)c4cc5ccccc5cc4-c4ccccc4)c3)c3ccc4ccccc4c3)cc2)cc1. The first-order valence-electron chi connectivity index (χ1n) is 19.2. The molecule has 0 aliphatic carbocycles. The van der Waals surface area contributed by atoms with Gasteiger partial charge in [-0.05, 0) is 116 Å². The summed E-state index contributed by atoms with van der Waals surface area (Å²) in [7, 11) is 0. The van der Waals surface area contributed by atoms with Crippen molar-refractivity contribution in [1.29, 1.82) is 0 Å². The highest BCUT2D eigenvalue weighted by Gasteiger charge is 2.21. The highest BCUT2D eigenvalue weighted by Crippen LogP contribution is 2.46. The van der Waals surface area contributed by atoms with Crippen molar-refractivity contribution in [3.05, 3.63) is 231 Å². The molecule has 0 spiro atoms. The predicted octanol–water partition coefficient (Wildman–Crippen LogP) is 15.4. The van der Waals surface area contributed by atoms with E-state index in [1.807, 2.05) is 0 Å². The first-order valence-corrected chi connectivity index (χ1v) is 19.2. The van der Waals surface area contributed by atoms with Crippen LogP contribution in [0.2, 0.25) is 0 Å². The largest absolute Gasteiger partial charge is 0.310 e. The Morgan fingerprint density at radius 3 is 1.21 bits per heavy atom. The van der Waals surface area contributed by atoms with Crippen LogP contribution in [0.4, 0.5) is 34.1 Å². The third-order valence-electron chi connectivity index (χ3n) is 10.8. The Bertz CT molecular complexity index is 2970. The van der Waals surface area contributed by atoms with Crippen LogP contribution in [0.1, 0.15) is 0 Å². The number of benzene rings is 10. The zero-order chi connectivity index (χ0) is 37.3. The number of fused-ring (bicyclic) bond motifs is 3. The van der Waals surface area contributed by atoms with Gasteiger partial charge in [-0.1, -0.05) is 164 Å². The van der Waals surface area contributed by atoms with E-state index in [-0.39, 0.29) is 0 Å². The zero-order valence-corrected chi connectivity index (χ0v) is 30.8. The van der Waals surface area contributed by atoms with Gasteiger partial charge in [-0.3, -0.25) is 0 Å². The molecule has 10 rings (SSSR count). The van der Waals surface area contributed by atoms with Crippen LogP contribution in [0.3, 0.4) is 0 Å². The van der Waals surface area contributed by atoms with Gasteiger partial charge in [0.1, 0.15) is 0 Å². The summed E-state index contributed by atoms with van der Waals surface area (Å²) >= 11 is 0. The summed E-state index contributed by atoms with van der Waals surface area (Å²) in [5.74, 6) is 0. The molecule has 2 nitrogen and oxygen atoms in total. The van der Waals surface area contributed by atoms with Gasteiger partial charge in [-0.25, -0.2) is 0 Å². The van der Waals surface area contributed by atoms with E-state index in [1.165, 1.54) is 54.6 Å². The molecule has 10 aromatic carbocycles. The van der Waals surface area contributed by atoms with Crippen LogP contribution < -0.4 is 9.80 Å². The van der Waals surface area contributed by atoms with Gasteiger partial charge in [0.05, 0.1) is 5.69 Å². The van der Waals surface area contributed by atoms with Crippen molar-refractivity contribution < 1.29 is 0 Å². The second-order valence-corrected chi connectivity index (χ2v) is 14.2. The van der Waals surface area contributed by atoms with E-state index >= 15 is 0 Å². The van der Waals surface area contributed by atoms with Gasteiger partial charge in [0.15, 0.2) is 0 Å². The minimum absolute atomic E-state index is 1.07. The van der Waals surface area contributed by atoms with E-state index < -0.39 is 0 Å². The molecule has 0 fully saturated rings. The lowest BCUT2D eigenvalue weighted by Crippen LogP contribution is -2.14. The first kappa shape index (κ1) is 33.2. The number of anilines is 6. The molecule has 0 unspecified atom stereocenters. The molecule has 0 radical (unpaired) electrons. The summed E-state index contributed by atoms with van der Waals surface area (Å²) in [6.45, 7) is 0. The maximum atomic E-state index is 2.43. The van der Waals surface area contributed by atoms with Crippen LogP contribution in [0.5, 0.6) is 0 Å². The molecule has 0 amide bonds. The molecule has 0 aliphatic rings. The molecule has 0 saturated carbocycles. The Balaban J connectivity index is 1.19. The number of nitrogens with zero attached hydrogens (tertiary/aromatic N) is 2. The first-order chi connectivity index (χ1) is 27.7. The van der Waals surface area contributed by atoms with Gasteiger partial charge in [-0.2, -0.15) is 0 Å².